The topological polar surface area (TPSA) is 72.0 Å². The molecule has 33 heavy (non-hydrogen) atoms. The number of aromatic amines is 1. The van der Waals surface area contributed by atoms with Crippen LogP contribution in [-0.2, 0) is 29.0 Å². The van der Waals surface area contributed by atoms with Gasteiger partial charge in [0.05, 0.1) is 5.39 Å². The average molecular weight is 477 g/mol. The zero-order valence-corrected chi connectivity index (χ0v) is 19.9. The smallest absolute Gasteiger partial charge is 0.319 e. The van der Waals surface area contributed by atoms with Crippen molar-refractivity contribution in [2.45, 2.75) is 49.6 Å². The van der Waals surface area contributed by atoms with E-state index in [1.54, 1.807) is 6.92 Å². The van der Waals surface area contributed by atoms with Gasteiger partial charge in [-0.05, 0) is 54.9 Å². The van der Waals surface area contributed by atoms with Crippen molar-refractivity contribution in [2.24, 2.45) is 0 Å². The van der Waals surface area contributed by atoms with Crippen molar-refractivity contribution >= 4 is 39.3 Å². The van der Waals surface area contributed by atoms with Gasteiger partial charge in [0.2, 0.25) is 0 Å². The van der Waals surface area contributed by atoms with Crippen LogP contribution < -0.4 is 5.56 Å². The minimum atomic E-state index is -0.491. The number of ether oxygens (including phenoxy) is 1. The molecule has 5 nitrogen and oxygen atoms in total. The van der Waals surface area contributed by atoms with Crippen LogP contribution in [0.25, 0.3) is 21.3 Å². The van der Waals surface area contributed by atoms with E-state index >= 15 is 0 Å². The molecule has 1 unspecified atom stereocenters. The molecule has 0 amide bonds. The van der Waals surface area contributed by atoms with E-state index in [2.05, 4.69) is 28.2 Å². The lowest BCUT2D eigenvalue weighted by Crippen LogP contribution is -2.18. The lowest BCUT2D eigenvalue weighted by Gasteiger charge is -2.16. The van der Waals surface area contributed by atoms with E-state index in [1.807, 2.05) is 35.7 Å². The number of benzene rings is 2. The minimum Gasteiger partial charge on any atom is -0.460 e. The molecule has 0 bridgehead atoms. The number of hydrogen-bond donors (Lipinski definition) is 1. The van der Waals surface area contributed by atoms with Gasteiger partial charge in [-0.1, -0.05) is 60.3 Å². The first kappa shape index (κ1) is 21.9. The Balaban J connectivity index is 1.34. The SMILES string of the molecule is CC(Sc1nc2scc(-c3ccc4c(c3)CCCC4)c2c(=O)[nH]1)C(=O)OCc1ccccc1. The molecular weight excluding hydrogens is 452 g/mol. The normalized spacial score (nSPS) is 14.1. The Morgan fingerprint density at radius 3 is 2.76 bits per heavy atom. The number of esters is 1. The van der Waals surface area contributed by atoms with Crippen LogP contribution in [0, 0.1) is 0 Å². The zero-order valence-electron chi connectivity index (χ0n) is 18.3. The first-order valence-corrected chi connectivity index (χ1v) is 12.9. The quantitative estimate of drug-likeness (QED) is 0.218. The second-order valence-corrected chi connectivity index (χ2v) is 10.4. The van der Waals surface area contributed by atoms with Gasteiger partial charge in [0.25, 0.3) is 5.56 Å². The molecular formula is C26H24N2O3S2. The molecule has 2 aromatic carbocycles. The number of nitrogens with zero attached hydrogens (tertiary/aromatic N) is 1. The summed E-state index contributed by atoms with van der Waals surface area (Å²) < 4.78 is 5.41. The van der Waals surface area contributed by atoms with E-state index in [-0.39, 0.29) is 18.1 Å². The number of aryl methyl sites for hydroxylation is 2. The molecule has 1 atom stereocenters. The van der Waals surface area contributed by atoms with Crippen molar-refractivity contribution in [2.75, 3.05) is 0 Å². The Morgan fingerprint density at radius 1 is 1.15 bits per heavy atom. The molecule has 0 fully saturated rings. The summed E-state index contributed by atoms with van der Waals surface area (Å²) in [5, 5.41) is 2.55. The number of carbonyl (C=O) groups excluding carboxylic acids is 1. The fraction of sp³-hybridized carbons (Fsp3) is 0.269. The maximum Gasteiger partial charge on any atom is 0.319 e. The molecule has 5 rings (SSSR count). The fourth-order valence-electron chi connectivity index (χ4n) is 4.16. The highest BCUT2D eigenvalue weighted by atomic mass is 32.2. The van der Waals surface area contributed by atoms with Crippen LogP contribution in [0.4, 0.5) is 0 Å². The Morgan fingerprint density at radius 2 is 1.94 bits per heavy atom. The highest BCUT2D eigenvalue weighted by molar-refractivity contribution is 8.00. The van der Waals surface area contributed by atoms with Gasteiger partial charge in [-0.3, -0.25) is 9.59 Å². The number of thiophene rings is 1. The highest BCUT2D eigenvalue weighted by Gasteiger charge is 2.20. The summed E-state index contributed by atoms with van der Waals surface area (Å²) in [7, 11) is 0. The van der Waals surface area contributed by atoms with Crippen LogP contribution in [0.3, 0.4) is 0 Å². The Bertz CT molecular complexity index is 1360. The molecule has 1 aliphatic carbocycles. The van der Waals surface area contributed by atoms with Gasteiger partial charge in [0.15, 0.2) is 5.16 Å². The summed E-state index contributed by atoms with van der Waals surface area (Å²) in [6.07, 6.45) is 4.69. The van der Waals surface area contributed by atoms with E-state index in [0.717, 1.165) is 29.5 Å². The molecule has 0 saturated heterocycles. The van der Waals surface area contributed by atoms with E-state index in [1.165, 1.54) is 47.1 Å². The monoisotopic (exact) mass is 476 g/mol. The summed E-state index contributed by atoms with van der Waals surface area (Å²) in [5.74, 6) is -0.340. The zero-order chi connectivity index (χ0) is 22.8. The van der Waals surface area contributed by atoms with Crippen molar-refractivity contribution in [3.8, 4) is 11.1 Å². The van der Waals surface area contributed by atoms with E-state index in [9.17, 15) is 9.59 Å². The van der Waals surface area contributed by atoms with E-state index in [0.29, 0.717) is 15.4 Å². The maximum absolute atomic E-state index is 13.0. The molecule has 1 aliphatic rings. The largest absolute Gasteiger partial charge is 0.460 e. The number of H-pyrrole nitrogens is 1. The van der Waals surface area contributed by atoms with Gasteiger partial charge >= 0.3 is 5.97 Å². The number of carbonyl (C=O) groups is 1. The third-order valence-electron chi connectivity index (χ3n) is 5.93. The predicted octanol–water partition coefficient (Wildman–Crippen LogP) is 5.75. The summed E-state index contributed by atoms with van der Waals surface area (Å²) in [6, 6.07) is 16.1. The number of thioether (sulfide) groups is 1. The van der Waals surface area contributed by atoms with E-state index in [4.69, 9.17) is 4.74 Å². The highest BCUT2D eigenvalue weighted by Crippen LogP contribution is 2.34. The lowest BCUT2D eigenvalue weighted by atomic mass is 9.89. The molecule has 2 heterocycles. The summed E-state index contributed by atoms with van der Waals surface area (Å²) in [6.45, 7) is 1.98. The van der Waals surface area contributed by atoms with Gasteiger partial charge in [0.1, 0.15) is 16.7 Å². The number of nitrogens with one attached hydrogen (secondary N) is 1. The summed E-state index contributed by atoms with van der Waals surface area (Å²) in [5.41, 5.74) is 5.54. The maximum atomic E-state index is 13.0. The van der Waals surface area contributed by atoms with Gasteiger partial charge < -0.3 is 9.72 Å². The lowest BCUT2D eigenvalue weighted by molar-refractivity contribution is -0.143. The van der Waals surface area contributed by atoms with Gasteiger partial charge in [-0.25, -0.2) is 4.98 Å². The molecule has 168 valence electrons. The number of rotatable bonds is 6. The number of hydrogen-bond acceptors (Lipinski definition) is 6. The summed E-state index contributed by atoms with van der Waals surface area (Å²) >= 11 is 2.66. The molecule has 0 spiro atoms. The third kappa shape index (κ3) is 4.75. The van der Waals surface area contributed by atoms with Crippen molar-refractivity contribution in [3.05, 3.63) is 81.0 Å². The molecule has 0 aliphatic heterocycles. The van der Waals surface area contributed by atoms with Crippen LogP contribution >= 0.6 is 23.1 Å². The predicted molar refractivity (Wildman–Crippen MR) is 134 cm³/mol. The number of aromatic nitrogens is 2. The van der Waals surface area contributed by atoms with Crippen molar-refractivity contribution in [3.63, 3.8) is 0 Å². The average Bonchev–Trinajstić information content (AvgIpc) is 3.27. The van der Waals surface area contributed by atoms with Crippen LogP contribution in [0.2, 0.25) is 0 Å². The van der Waals surface area contributed by atoms with Crippen LogP contribution in [0.1, 0.15) is 36.5 Å². The molecule has 2 aromatic heterocycles. The Hall–Kier alpha value is -2.90. The van der Waals surface area contributed by atoms with Crippen molar-refractivity contribution in [1.29, 1.82) is 0 Å². The second kappa shape index (κ2) is 9.53. The van der Waals surface area contributed by atoms with Crippen molar-refractivity contribution < 1.29 is 9.53 Å². The first-order chi connectivity index (χ1) is 16.1. The molecule has 0 radical (unpaired) electrons. The molecule has 0 saturated carbocycles. The van der Waals surface area contributed by atoms with Gasteiger partial charge in [0, 0.05) is 10.9 Å². The second-order valence-electron chi connectivity index (χ2n) is 8.24. The van der Waals surface area contributed by atoms with Crippen LogP contribution in [0.15, 0.2) is 63.9 Å². The number of fused-ring (bicyclic) bond motifs is 2. The Kier molecular flexibility index (Phi) is 6.33. The third-order valence-corrected chi connectivity index (χ3v) is 7.76. The van der Waals surface area contributed by atoms with E-state index < -0.39 is 5.25 Å². The molecule has 1 N–H and O–H groups in total. The van der Waals surface area contributed by atoms with Crippen molar-refractivity contribution in [1.82, 2.24) is 9.97 Å². The van der Waals surface area contributed by atoms with Gasteiger partial charge in [-0.15, -0.1) is 11.3 Å². The standard InChI is InChI=1S/C26H24N2O3S2/c1-16(25(30)31-14-17-7-3-2-4-8-17)33-26-27-23(29)22-21(15-32-24(22)28-26)20-12-11-18-9-5-6-10-19(18)13-20/h2-4,7-8,11-13,15-16H,5-6,9-10,14H2,1H3,(H,27,28,29). The fourth-order valence-corrected chi connectivity index (χ4v) is 5.96. The first-order valence-electron chi connectivity index (χ1n) is 11.1. The Labute approximate surface area is 200 Å². The summed E-state index contributed by atoms with van der Waals surface area (Å²) in [4.78, 5) is 33.6. The minimum absolute atomic E-state index is 0.179. The molecule has 4 aromatic rings. The van der Waals surface area contributed by atoms with Crippen LogP contribution in [0.5, 0.6) is 0 Å². The van der Waals surface area contributed by atoms with Gasteiger partial charge in [-0.2, -0.15) is 0 Å². The van der Waals surface area contributed by atoms with Crippen LogP contribution in [-0.4, -0.2) is 21.2 Å². The molecule has 7 heteroatoms.